The second-order valence-corrected chi connectivity index (χ2v) is 9.82. The second kappa shape index (κ2) is 11.8. The summed E-state index contributed by atoms with van der Waals surface area (Å²) in [5.74, 6) is -0.809. The molecule has 2 nitrogen and oxygen atoms in total. The maximum atomic E-state index is 14.6. The molecule has 2 aliphatic heterocycles. The van der Waals surface area contributed by atoms with E-state index in [-0.39, 0.29) is 12.2 Å². The Labute approximate surface area is 203 Å². The Morgan fingerprint density at radius 1 is 1.03 bits per heavy atom. The predicted octanol–water partition coefficient (Wildman–Crippen LogP) is 6.86. The lowest BCUT2D eigenvalue weighted by Crippen LogP contribution is -2.47. The van der Waals surface area contributed by atoms with E-state index in [1.807, 2.05) is 0 Å². The van der Waals surface area contributed by atoms with Crippen LogP contribution in [0, 0.1) is 24.5 Å². The van der Waals surface area contributed by atoms with Gasteiger partial charge in [-0.15, -0.1) is 0 Å². The van der Waals surface area contributed by atoms with Crippen LogP contribution in [-0.2, 0) is 6.42 Å². The normalized spacial score (nSPS) is 23.1. The molecule has 0 saturated carbocycles. The fourth-order valence-electron chi connectivity index (χ4n) is 5.12. The van der Waals surface area contributed by atoms with Gasteiger partial charge in [0.25, 0.3) is 0 Å². The van der Waals surface area contributed by atoms with Gasteiger partial charge in [-0.3, -0.25) is 9.29 Å². The summed E-state index contributed by atoms with van der Waals surface area (Å²) in [4.78, 5) is 3.49. The van der Waals surface area contributed by atoms with Crippen molar-refractivity contribution in [2.45, 2.75) is 58.3 Å². The number of benzene rings is 2. The molecule has 4 rings (SSSR count). The maximum Gasteiger partial charge on any atom is 0.401 e. The molecule has 2 unspecified atom stereocenters. The predicted molar refractivity (Wildman–Crippen MR) is 126 cm³/mol. The van der Waals surface area contributed by atoms with Crippen molar-refractivity contribution < 1.29 is 26.3 Å². The zero-order valence-electron chi connectivity index (χ0n) is 20.5. The van der Waals surface area contributed by atoms with Crippen LogP contribution in [0.4, 0.5) is 26.3 Å². The van der Waals surface area contributed by atoms with Crippen LogP contribution in [0.2, 0.25) is 0 Å². The number of hydrogen-bond donors (Lipinski definition) is 0. The van der Waals surface area contributed by atoms with Crippen molar-refractivity contribution in [1.29, 1.82) is 0 Å². The molecule has 0 radical (unpaired) electrons. The summed E-state index contributed by atoms with van der Waals surface area (Å²) in [5.41, 5.74) is 1.40. The van der Waals surface area contributed by atoms with Gasteiger partial charge in [-0.25, -0.2) is 8.78 Å². The van der Waals surface area contributed by atoms with Gasteiger partial charge in [0.1, 0.15) is 11.6 Å². The molecule has 0 aromatic heterocycles. The van der Waals surface area contributed by atoms with E-state index >= 15 is 0 Å². The van der Waals surface area contributed by atoms with Crippen LogP contribution >= 0.6 is 0 Å². The highest BCUT2D eigenvalue weighted by atomic mass is 19.4. The second-order valence-electron chi connectivity index (χ2n) is 9.82. The molecule has 1 saturated heterocycles. The van der Waals surface area contributed by atoms with Gasteiger partial charge in [-0.05, 0) is 74.4 Å². The minimum absolute atomic E-state index is 0.162. The molecule has 8 heteroatoms. The van der Waals surface area contributed by atoms with Crippen LogP contribution in [-0.4, -0.2) is 54.9 Å². The van der Waals surface area contributed by atoms with Crippen molar-refractivity contribution in [3.8, 4) is 0 Å². The summed E-state index contributed by atoms with van der Waals surface area (Å²) in [6.07, 6.45) is -2.05. The van der Waals surface area contributed by atoms with E-state index < -0.39 is 36.4 Å². The van der Waals surface area contributed by atoms with Crippen LogP contribution in [0.3, 0.4) is 0 Å². The Morgan fingerprint density at radius 2 is 1.69 bits per heavy atom. The van der Waals surface area contributed by atoms with Crippen molar-refractivity contribution >= 4 is 0 Å². The molecule has 0 bridgehead atoms. The molecule has 0 N–H and O–H groups in total. The first-order valence-corrected chi connectivity index (χ1v) is 12.1. The van der Waals surface area contributed by atoms with E-state index in [0.717, 1.165) is 35.1 Å². The largest absolute Gasteiger partial charge is 0.401 e. The Morgan fingerprint density at radius 3 is 2.26 bits per heavy atom. The average molecular weight is 501 g/mol. The third kappa shape index (κ3) is 7.23. The van der Waals surface area contributed by atoms with Crippen LogP contribution in [0.25, 0.3) is 0 Å². The number of hydrogen-bond acceptors (Lipinski definition) is 2. The molecule has 3 atom stereocenters. The standard InChI is InChI=1S/C19H18F5N.C8H16FN/c1-11-7-15(20)17(16(21)8-11)18-14-6-4-3-5-13(14)9-12(2)25(18)10-19(22,23)24;1-8-3-6-10(7-8)5-2-4-9/h3-8,12,18H,9-10H2,1-2H3;8H,2-7H2,1H3/t12-,18?;/m1./s1. The van der Waals surface area contributed by atoms with Crippen LogP contribution in [0.15, 0.2) is 36.4 Å². The molecule has 0 amide bonds. The molecule has 0 aliphatic carbocycles. The van der Waals surface area contributed by atoms with Crippen LogP contribution < -0.4 is 0 Å². The lowest BCUT2D eigenvalue weighted by atomic mass is 9.84. The van der Waals surface area contributed by atoms with Crippen molar-refractivity contribution in [3.05, 3.63) is 70.3 Å². The topological polar surface area (TPSA) is 6.48 Å². The van der Waals surface area contributed by atoms with Crippen LogP contribution in [0.5, 0.6) is 0 Å². The number of alkyl halides is 4. The van der Waals surface area contributed by atoms with Crippen molar-refractivity contribution in [3.63, 3.8) is 0 Å². The lowest BCUT2D eigenvalue weighted by Gasteiger charge is -2.42. The molecule has 0 spiro atoms. The first kappa shape index (κ1) is 27.5. The van der Waals surface area contributed by atoms with Gasteiger partial charge in [0.15, 0.2) is 0 Å². The minimum Gasteiger partial charge on any atom is -0.303 e. The van der Waals surface area contributed by atoms with E-state index in [1.165, 1.54) is 19.5 Å². The fraction of sp³-hybridized carbons (Fsp3) is 0.556. The number of likely N-dealkylation sites (tertiary alicyclic amines) is 1. The molecule has 2 aliphatic rings. The highest BCUT2D eigenvalue weighted by Gasteiger charge is 2.42. The fourth-order valence-corrected chi connectivity index (χ4v) is 5.12. The zero-order chi connectivity index (χ0) is 25.8. The third-order valence-electron chi connectivity index (χ3n) is 6.74. The van der Waals surface area contributed by atoms with Gasteiger partial charge in [0.2, 0.25) is 0 Å². The van der Waals surface area contributed by atoms with E-state index in [0.29, 0.717) is 24.0 Å². The molecule has 2 heterocycles. The summed E-state index contributed by atoms with van der Waals surface area (Å²) in [6.45, 7) is 7.39. The number of aryl methyl sites for hydroxylation is 1. The average Bonchev–Trinajstić information content (AvgIpc) is 3.18. The highest BCUT2D eigenvalue weighted by Crippen LogP contribution is 2.41. The quantitative estimate of drug-likeness (QED) is 0.414. The van der Waals surface area contributed by atoms with Crippen LogP contribution in [0.1, 0.15) is 55.0 Å². The summed E-state index contributed by atoms with van der Waals surface area (Å²) in [6, 6.07) is 7.62. The van der Waals surface area contributed by atoms with E-state index in [2.05, 4.69) is 11.8 Å². The molecule has 2 aromatic rings. The van der Waals surface area contributed by atoms with Gasteiger partial charge in [-0.2, -0.15) is 13.2 Å². The Balaban J connectivity index is 0.000000287. The first-order valence-electron chi connectivity index (χ1n) is 12.1. The smallest absolute Gasteiger partial charge is 0.303 e. The molecule has 35 heavy (non-hydrogen) atoms. The molecule has 194 valence electrons. The summed E-state index contributed by atoms with van der Waals surface area (Å²) >= 11 is 0. The van der Waals surface area contributed by atoms with Gasteiger partial charge in [0, 0.05) is 24.7 Å². The zero-order valence-corrected chi connectivity index (χ0v) is 20.5. The van der Waals surface area contributed by atoms with E-state index in [1.54, 1.807) is 38.1 Å². The van der Waals surface area contributed by atoms with Crippen molar-refractivity contribution in [2.24, 2.45) is 5.92 Å². The van der Waals surface area contributed by atoms with E-state index in [9.17, 15) is 26.3 Å². The van der Waals surface area contributed by atoms with Gasteiger partial charge in [0.05, 0.1) is 19.3 Å². The minimum atomic E-state index is -4.46. The highest BCUT2D eigenvalue weighted by molar-refractivity contribution is 5.42. The Hall–Kier alpha value is -2.06. The number of fused-ring (bicyclic) bond motifs is 1. The maximum absolute atomic E-state index is 14.6. The first-order chi connectivity index (χ1) is 16.5. The number of halogens is 6. The summed E-state index contributed by atoms with van der Waals surface area (Å²) < 4.78 is 80.2. The summed E-state index contributed by atoms with van der Waals surface area (Å²) in [5, 5.41) is 0. The van der Waals surface area contributed by atoms with Crippen molar-refractivity contribution in [2.75, 3.05) is 32.9 Å². The lowest BCUT2D eigenvalue weighted by molar-refractivity contribution is -0.155. The number of rotatable bonds is 5. The SMILES string of the molecule is CC1CCN(CCCF)C1.Cc1cc(F)c(C2c3ccccc3C[C@@H](C)N2CC(F)(F)F)c(F)c1. The third-order valence-corrected chi connectivity index (χ3v) is 6.74. The number of nitrogens with zero attached hydrogens (tertiary/aromatic N) is 2. The molecular formula is C27H34F6N2. The van der Waals surface area contributed by atoms with Gasteiger partial charge >= 0.3 is 6.18 Å². The molecule has 1 fully saturated rings. The molecular weight excluding hydrogens is 466 g/mol. The van der Waals surface area contributed by atoms with Gasteiger partial charge < -0.3 is 4.90 Å². The van der Waals surface area contributed by atoms with Crippen molar-refractivity contribution in [1.82, 2.24) is 9.80 Å². The van der Waals surface area contributed by atoms with E-state index in [4.69, 9.17) is 0 Å². The Kier molecular flexibility index (Phi) is 9.27. The van der Waals surface area contributed by atoms with Gasteiger partial charge in [-0.1, -0.05) is 31.2 Å². The Bertz CT molecular complexity index is 953. The molecule has 2 aromatic carbocycles. The summed E-state index contributed by atoms with van der Waals surface area (Å²) in [7, 11) is 0. The monoisotopic (exact) mass is 500 g/mol.